The van der Waals surface area contributed by atoms with Crippen LogP contribution in [0.15, 0.2) is 63.9 Å². The number of β-lactam (4-membered cyclic amide) rings is 1. The van der Waals surface area contributed by atoms with E-state index < -0.39 is 29.2 Å². The molecule has 2 amide bonds. The van der Waals surface area contributed by atoms with Crippen LogP contribution < -0.4 is 21.4 Å². The van der Waals surface area contributed by atoms with E-state index in [1.165, 1.54) is 30.0 Å². The molecule has 4 aromatic rings. The van der Waals surface area contributed by atoms with Gasteiger partial charge < -0.3 is 35.7 Å². The van der Waals surface area contributed by atoms with Crippen LogP contribution in [0, 0.1) is 5.41 Å². The number of aliphatic carboxylic acids is 1. The van der Waals surface area contributed by atoms with Crippen molar-refractivity contribution in [1.82, 2.24) is 19.8 Å². The second-order valence-corrected chi connectivity index (χ2v) is 12.8. The van der Waals surface area contributed by atoms with Crippen molar-refractivity contribution in [3.8, 4) is 0 Å². The van der Waals surface area contributed by atoms with Crippen molar-refractivity contribution >= 4 is 80.1 Å². The van der Waals surface area contributed by atoms with Gasteiger partial charge in [-0.3, -0.25) is 19.9 Å². The molecule has 4 aromatic heterocycles. The van der Waals surface area contributed by atoms with E-state index in [0.29, 0.717) is 29.2 Å². The Morgan fingerprint density at radius 2 is 2.20 bits per heavy atom. The molecule has 0 radical (unpaired) electrons. The molecule has 232 valence electrons. The summed E-state index contributed by atoms with van der Waals surface area (Å²) in [5.41, 5.74) is 12.8. The van der Waals surface area contributed by atoms with Crippen molar-refractivity contribution in [2.75, 3.05) is 18.6 Å². The predicted molar refractivity (Wildman–Crippen MR) is 166 cm³/mol. The number of nitrogens with one attached hydrogen (secondary N) is 2. The number of oxime groups is 1. The number of amidine groups is 1. The quantitative estimate of drug-likeness (QED) is 0.0536. The summed E-state index contributed by atoms with van der Waals surface area (Å²) >= 11 is 8.44. The SMILES string of the molecule is CON=C(C(=O)N[C@@H]1C(=O)N2C(C(=O)O)=C(C[n+]3ccc4ccn(Cc5cc(C(=N)N)co5)c4c3)CS[C@H]12)c1nc(N)sc1Cl. The van der Waals surface area contributed by atoms with E-state index in [-0.39, 0.29) is 39.0 Å². The van der Waals surface area contributed by atoms with Gasteiger partial charge >= 0.3 is 5.97 Å². The minimum atomic E-state index is -1.25. The summed E-state index contributed by atoms with van der Waals surface area (Å²) < 4.78 is 9.49. The van der Waals surface area contributed by atoms with E-state index in [0.717, 1.165) is 22.2 Å². The van der Waals surface area contributed by atoms with Crippen LogP contribution in [-0.2, 0) is 32.3 Å². The Morgan fingerprint density at radius 1 is 1.40 bits per heavy atom. The summed E-state index contributed by atoms with van der Waals surface area (Å²) in [6.45, 7) is 0.614. The fourth-order valence-electron chi connectivity index (χ4n) is 5.16. The number of fused-ring (bicyclic) bond motifs is 2. The largest absolute Gasteiger partial charge is 0.477 e. The van der Waals surface area contributed by atoms with Gasteiger partial charge in [0.05, 0.1) is 12.1 Å². The molecule has 1 fully saturated rings. The third-order valence-corrected chi connectivity index (χ3v) is 9.62. The Bertz CT molecular complexity index is 1950. The number of furan rings is 1. The first-order valence-electron chi connectivity index (χ1n) is 13.2. The summed E-state index contributed by atoms with van der Waals surface area (Å²) in [6.07, 6.45) is 7.07. The summed E-state index contributed by atoms with van der Waals surface area (Å²) in [7, 11) is 1.24. The number of nitrogens with zero attached hydrogens (tertiary/aromatic N) is 5. The van der Waals surface area contributed by atoms with Crippen LogP contribution in [0.5, 0.6) is 0 Å². The molecule has 2 aliphatic rings. The number of carbonyl (C=O) groups excluding carboxylic acids is 2. The highest BCUT2D eigenvalue weighted by atomic mass is 35.5. The molecule has 0 aliphatic carbocycles. The third kappa shape index (κ3) is 5.60. The number of aromatic nitrogens is 3. The maximum Gasteiger partial charge on any atom is 0.352 e. The molecule has 45 heavy (non-hydrogen) atoms. The second-order valence-electron chi connectivity index (χ2n) is 10.0. The molecule has 2 atom stereocenters. The minimum Gasteiger partial charge on any atom is -0.477 e. The third-order valence-electron chi connectivity index (χ3n) is 7.20. The first-order chi connectivity index (χ1) is 21.5. The number of hydrogen-bond acceptors (Lipinski definition) is 11. The van der Waals surface area contributed by atoms with Crippen LogP contribution in [-0.4, -0.2) is 73.2 Å². The van der Waals surface area contributed by atoms with Crippen molar-refractivity contribution in [3.05, 3.63) is 75.7 Å². The highest BCUT2D eigenvalue weighted by molar-refractivity contribution is 8.00. The van der Waals surface area contributed by atoms with E-state index in [1.54, 1.807) is 6.07 Å². The maximum atomic E-state index is 13.3. The zero-order chi connectivity index (χ0) is 32.0. The highest BCUT2D eigenvalue weighted by Crippen LogP contribution is 2.40. The van der Waals surface area contributed by atoms with Gasteiger partial charge in [0.15, 0.2) is 29.8 Å². The lowest BCUT2D eigenvalue weighted by molar-refractivity contribution is -0.687. The molecule has 0 aromatic carbocycles. The van der Waals surface area contributed by atoms with Crippen LogP contribution >= 0.6 is 34.7 Å². The first kappa shape index (κ1) is 30.2. The molecule has 7 N–H and O–H groups in total. The monoisotopic (exact) mass is 670 g/mol. The predicted octanol–water partition coefficient (Wildman–Crippen LogP) is 1.34. The van der Waals surface area contributed by atoms with Crippen molar-refractivity contribution in [1.29, 1.82) is 5.41 Å². The molecular weight excluding hydrogens is 646 g/mol. The first-order valence-corrected chi connectivity index (χ1v) is 15.4. The van der Waals surface area contributed by atoms with Gasteiger partial charge in [0, 0.05) is 29.0 Å². The summed E-state index contributed by atoms with van der Waals surface area (Å²) in [5.74, 6) is -1.75. The zero-order valence-corrected chi connectivity index (χ0v) is 25.8. The zero-order valence-electron chi connectivity index (χ0n) is 23.4. The van der Waals surface area contributed by atoms with Gasteiger partial charge in [-0.2, -0.15) is 4.57 Å². The van der Waals surface area contributed by atoms with E-state index >= 15 is 0 Å². The number of thiazole rings is 1. The lowest BCUT2D eigenvalue weighted by Crippen LogP contribution is -2.71. The Balaban J connectivity index is 1.21. The van der Waals surface area contributed by atoms with Crippen LogP contribution in [0.4, 0.5) is 5.13 Å². The van der Waals surface area contributed by atoms with Crippen molar-refractivity contribution in [2.24, 2.45) is 10.9 Å². The van der Waals surface area contributed by atoms with Crippen molar-refractivity contribution in [3.63, 3.8) is 0 Å². The molecule has 18 heteroatoms. The summed E-state index contributed by atoms with van der Waals surface area (Å²) in [5, 5.41) is 24.5. The molecule has 2 aliphatic heterocycles. The van der Waals surface area contributed by atoms with Crippen LogP contribution in [0.1, 0.15) is 17.0 Å². The van der Waals surface area contributed by atoms with Gasteiger partial charge in [0.25, 0.3) is 11.8 Å². The molecule has 15 nitrogen and oxygen atoms in total. The number of hydrogen-bond donors (Lipinski definition) is 5. The molecule has 0 saturated carbocycles. The Hall–Kier alpha value is -4.87. The number of halogens is 1. The van der Waals surface area contributed by atoms with Gasteiger partial charge in [0.1, 0.15) is 57.6 Å². The number of carboxylic acids is 1. The maximum absolute atomic E-state index is 13.3. The number of rotatable bonds is 10. The van der Waals surface area contributed by atoms with Crippen LogP contribution in [0.2, 0.25) is 4.34 Å². The van der Waals surface area contributed by atoms with Crippen LogP contribution in [0.3, 0.4) is 0 Å². The van der Waals surface area contributed by atoms with Gasteiger partial charge in [0.2, 0.25) is 0 Å². The standard InChI is InChI=1S/C27H24ClN9O6S2/c1-42-34-18(17-21(28)45-27(31)33-17)23(38)32-19-24(39)37-20(26(40)41)14(11-44-25(19)37)7-35-4-2-12-3-5-36(16(12)9-35)8-15-6-13(10-43-15)22(29)30/h2-6,9-10,19,25H,7-8,11H2,1H3,(H6-,29,30,31,32,33,38,40,41)/p+1/t19-,25-/m1/s1. The number of anilines is 1. The fourth-order valence-corrected chi connectivity index (χ4v) is 7.42. The van der Waals surface area contributed by atoms with Gasteiger partial charge in [-0.15, -0.1) is 11.8 Å². The molecule has 0 bridgehead atoms. The normalized spacial score (nSPS) is 18.1. The fraction of sp³-hybridized carbons (Fsp3) is 0.222. The number of carboxylic acid groups (broad SMARTS) is 1. The number of nitrogens with two attached hydrogens (primary N) is 2. The van der Waals surface area contributed by atoms with Gasteiger partial charge in [-0.05, 0) is 12.1 Å². The number of carbonyl (C=O) groups is 3. The number of nitrogen functional groups attached to an aromatic ring is 2. The molecule has 0 unspecified atom stereocenters. The number of pyridine rings is 1. The lowest BCUT2D eigenvalue weighted by Gasteiger charge is -2.49. The average molecular weight is 671 g/mol. The van der Waals surface area contributed by atoms with Gasteiger partial charge in [-0.1, -0.05) is 28.1 Å². The molecule has 0 spiro atoms. The topological polar surface area (TPSA) is 219 Å². The molecule has 1 saturated heterocycles. The van der Waals surface area contributed by atoms with Crippen molar-refractivity contribution in [2.45, 2.75) is 24.5 Å². The molecule has 6 rings (SSSR count). The number of thioether (sulfide) groups is 1. The molecule has 6 heterocycles. The summed E-state index contributed by atoms with van der Waals surface area (Å²) in [4.78, 5) is 48.8. The molecular formula is C27H25ClN9O6S2+. The average Bonchev–Trinajstić information content (AvgIpc) is 3.73. The van der Waals surface area contributed by atoms with E-state index in [4.69, 9.17) is 37.7 Å². The Labute approximate surface area is 267 Å². The van der Waals surface area contributed by atoms with E-state index in [1.807, 2.05) is 39.9 Å². The van der Waals surface area contributed by atoms with E-state index in [9.17, 15) is 19.5 Å². The Morgan fingerprint density at radius 3 is 2.87 bits per heavy atom. The van der Waals surface area contributed by atoms with Crippen molar-refractivity contribution < 1.29 is 33.3 Å². The highest BCUT2D eigenvalue weighted by Gasteiger charge is 2.55. The minimum absolute atomic E-state index is 0.0111. The summed E-state index contributed by atoms with van der Waals surface area (Å²) in [6, 6.07) is 4.56. The smallest absolute Gasteiger partial charge is 0.352 e. The number of amides is 2. The van der Waals surface area contributed by atoms with Crippen LogP contribution in [0.25, 0.3) is 10.9 Å². The van der Waals surface area contributed by atoms with Gasteiger partial charge in [-0.25, -0.2) is 9.78 Å². The second kappa shape index (κ2) is 11.9. The lowest BCUT2D eigenvalue weighted by atomic mass is 10.0. The Kier molecular flexibility index (Phi) is 7.98. The van der Waals surface area contributed by atoms with E-state index in [2.05, 4.69) is 15.5 Å².